The Labute approximate surface area is 134 Å². The van der Waals surface area contributed by atoms with E-state index in [1.54, 1.807) is 0 Å². The molecule has 1 heteroatoms. The van der Waals surface area contributed by atoms with E-state index >= 15 is 0 Å². The third-order valence-electron chi connectivity index (χ3n) is 5.16. The molecule has 126 valence electrons. The molecule has 1 unspecified atom stereocenters. The van der Waals surface area contributed by atoms with Crippen LogP contribution in [0, 0.1) is 5.92 Å². The molecular weight excluding hydrogens is 256 g/mol. The maximum absolute atomic E-state index is 5.80. The smallest absolute Gasteiger partial charge is 0.0841 e. The Hall–Kier alpha value is -0.0400. The van der Waals surface area contributed by atoms with E-state index in [-0.39, 0.29) is 0 Å². The molecule has 0 N–H and O–H groups in total. The summed E-state index contributed by atoms with van der Waals surface area (Å²) in [7, 11) is 0. The van der Waals surface area contributed by atoms with Gasteiger partial charge in [0.2, 0.25) is 0 Å². The van der Waals surface area contributed by atoms with Gasteiger partial charge in [0.15, 0.2) is 0 Å². The lowest BCUT2D eigenvalue weighted by atomic mass is 9.99. The molecule has 1 aliphatic rings. The molecule has 0 aromatic heterocycles. The van der Waals surface area contributed by atoms with Crippen molar-refractivity contribution in [3.05, 3.63) is 0 Å². The third kappa shape index (κ3) is 10.3. The minimum Gasteiger partial charge on any atom is -0.370 e. The summed E-state index contributed by atoms with van der Waals surface area (Å²) >= 11 is 0. The molecule has 1 fully saturated rings. The van der Waals surface area contributed by atoms with Gasteiger partial charge in [-0.05, 0) is 18.8 Å². The van der Waals surface area contributed by atoms with Crippen molar-refractivity contribution in [1.82, 2.24) is 0 Å². The Morgan fingerprint density at radius 2 is 1.24 bits per heavy atom. The molecule has 0 saturated carbocycles. The molecule has 0 radical (unpaired) electrons. The largest absolute Gasteiger partial charge is 0.370 e. The van der Waals surface area contributed by atoms with Crippen LogP contribution in [0.3, 0.4) is 0 Å². The fourth-order valence-corrected chi connectivity index (χ4v) is 3.21. The van der Waals surface area contributed by atoms with Crippen molar-refractivity contribution in [2.45, 2.75) is 123 Å². The van der Waals surface area contributed by atoms with Crippen LogP contribution < -0.4 is 0 Å². The van der Waals surface area contributed by atoms with E-state index in [0.29, 0.717) is 12.2 Å². The molecule has 0 aliphatic carbocycles. The second-order valence-corrected chi connectivity index (χ2v) is 7.27. The summed E-state index contributed by atoms with van der Waals surface area (Å²) < 4.78 is 5.80. The van der Waals surface area contributed by atoms with Gasteiger partial charge in [-0.2, -0.15) is 0 Å². The molecule has 21 heavy (non-hydrogen) atoms. The first-order valence-electron chi connectivity index (χ1n) is 9.93. The summed E-state index contributed by atoms with van der Waals surface area (Å²) in [6.45, 7) is 6.95. The van der Waals surface area contributed by atoms with Crippen LogP contribution in [-0.4, -0.2) is 12.2 Å². The Morgan fingerprint density at radius 3 is 1.81 bits per heavy atom. The van der Waals surface area contributed by atoms with Crippen LogP contribution in [0.2, 0.25) is 0 Å². The second-order valence-electron chi connectivity index (χ2n) is 7.27. The first-order chi connectivity index (χ1) is 10.3. The van der Waals surface area contributed by atoms with Crippen molar-refractivity contribution in [1.29, 1.82) is 0 Å². The highest BCUT2D eigenvalue weighted by atomic mass is 16.6. The van der Waals surface area contributed by atoms with Gasteiger partial charge in [0.05, 0.1) is 12.2 Å². The Balaban J connectivity index is 1.77. The van der Waals surface area contributed by atoms with Crippen LogP contribution in [0.1, 0.15) is 111 Å². The summed E-state index contributed by atoms with van der Waals surface area (Å²) in [4.78, 5) is 0. The number of hydrogen-bond acceptors (Lipinski definition) is 1. The maximum Gasteiger partial charge on any atom is 0.0841 e. The van der Waals surface area contributed by atoms with Crippen LogP contribution in [0.5, 0.6) is 0 Å². The molecular formula is C20H40O. The van der Waals surface area contributed by atoms with E-state index < -0.39 is 0 Å². The average molecular weight is 297 g/mol. The number of rotatable bonds is 15. The topological polar surface area (TPSA) is 12.5 Å². The molecule has 1 saturated heterocycles. The van der Waals surface area contributed by atoms with E-state index in [9.17, 15) is 0 Å². The Morgan fingerprint density at radius 1 is 0.714 bits per heavy atom. The zero-order valence-corrected chi connectivity index (χ0v) is 15.0. The first kappa shape index (κ1) is 19.0. The lowest BCUT2D eigenvalue weighted by Crippen LogP contribution is -1.97. The number of hydrogen-bond donors (Lipinski definition) is 0. The molecule has 0 aromatic carbocycles. The van der Waals surface area contributed by atoms with E-state index in [4.69, 9.17) is 4.74 Å². The summed E-state index contributed by atoms with van der Waals surface area (Å²) in [6, 6.07) is 0. The molecule has 0 aromatic rings. The lowest BCUT2D eigenvalue weighted by Gasteiger charge is -2.06. The molecule has 3 atom stereocenters. The number of unbranched alkanes of at least 4 members (excludes halogenated alkanes) is 8. The average Bonchev–Trinajstić information content (AvgIpc) is 3.23. The summed E-state index contributed by atoms with van der Waals surface area (Å²) in [5.41, 5.74) is 0. The Bertz CT molecular complexity index is 226. The molecule has 1 heterocycles. The maximum atomic E-state index is 5.80. The third-order valence-corrected chi connectivity index (χ3v) is 5.16. The fraction of sp³-hybridized carbons (Fsp3) is 1.00. The van der Waals surface area contributed by atoms with E-state index in [2.05, 4.69) is 20.8 Å². The van der Waals surface area contributed by atoms with Crippen molar-refractivity contribution in [2.24, 2.45) is 5.92 Å². The van der Waals surface area contributed by atoms with Crippen LogP contribution in [0.15, 0.2) is 0 Å². The van der Waals surface area contributed by atoms with Crippen LogP contribution in [0.4, 0.5) is 0 Å². The quantitative estimate of drug-likeness (QED) is 0.237. The van der Waals surface area contributed by atoms with E-state index in [1.165, 1.54) is 89.9 Å². The van der Waals surface area contributed by atoms with Crippen molar-refractivity contribution < 1.29 is 4.74 Å². The van der Waals surface area contributed by atoms with Gasteiger partial charge in [-0.3, -0.25) is 0 Å². The van der Waals surface area contributed by atoms with Crippen LogP contribution >= 0.6 is 0 Å². The highest BCUT2D eigenvalue weighted by Crippen LogP contribution is 2.32. The standard InChI is InChI=1S/C20H40O/c1-4-6-7-8-9-10-11-12-13-16-19-20(21-19)17-14-15-18(3)5-2/h18-20H,4-17H2,1-3H3/t18?,19-,20+/m0/s1. The van der Waals surface area contributed by atoms with Gasteiger partial charge in [0.1, 0.15) is 0 Å². The number of ether oxygens (including phenoxy) is 1. The minimum atomic E-state index is 0.628. The van der Waals surface area contributed by atoms with Gasteiger partial charge in [0, 0.05) is 0 Å². The summed E-state index contributed by atoms with van der Waals surface area (Å²) in [5, 5.41) is 0. The summed E-state index contributed by atoms with van der Waals surface area (Å²) in [6.07, 6.45) is 20.8. The van der Waals surface area contributed by atoms with Gasteiger partial charge in [-0.15, -0.1) is 0 Å². The van der Waals surface area contributed by atoms with Crippen LogP contribution in [0.25, 0.3) is 0 Å². The summed E-state index contributed by atoms with van der Waals surface area (Å²) in [5.74, 6) is 0.902. The van der Waals surface area contributed by atoms with E-state index in [1.807, 2.05) is 0 Å². The Kier molecular flexibility index (Phi) is 11.3. The normalized spacial score (nSPS) is 22.4. The predicted octanol–water partition coefficient (Wildman–Crippen LogP) is 6.89. The zero-order chi connectivity index (χ0) is 15.3. The lowest BCUT2D eigenvalue weighted by molar-refractivity contribution is 0.344. The highest BCUT2D eigenvalue weighted by Gasteiger charge is 2.36. The molecule has 0 bridgehead atoms. The van der Waals surface area contributed by atoms with Crippen molar-refractivity contribution in [3.8, 4) is 0 Å². The molecule has 1 rings (SSSR count). The van der Waals surface area contributed by atoms with Gasteiger partial charge in [-0.25, -0.2) is 0 Å². The highest BCUT2D eigenvalue weighted by molar-refractivity contribution is 4.84. The SMILES string of the molecule is CCCCCCCCCCC[C@@H]1O[C@@H]1CCCC(C)CC. The molecule has 0 amide bonds. The van der Waals surface area contributed by atoms with Gasteiger partial charge >= 0.3 is 0 Å². The van der Waals surface area contributed by atoms with Gasteiger partial charge in [-0.1, -0.05) is 97.8 Å². The van der Waals surface area contributed by atoms with Gasteiger partial charge < -0.3 is 4.74 Å². The van der Waals surface area contributed by atoms with Crippen molar-refractivity contribution in [2.75, 3.05) is 0 Å². The zero-order valence-electron chi connectivity index (χ0n) is 15.0. The monoisotopic (exact) mass is 296 g/mol. The first-order valence-corrected chi connectivity index (χ1v) is 9.93. The van der Waals surface area contributed by atoms with Crippen LogP contribution in [-0.2, 0) is 4.74 Å². The van der Waals surface area contributed by atoms with Crippen molar-refractivity contribution in [3.63, 3.8) is 0 Å². The van der Waals surface area contributed by atoms with Crippen molar-refractivity contribution >= 4 is 0 Å². The molecule has 1 nitrogen and oxygen atoms in total. The fourth-order valence-electron chi connectivity index (χ4n) is 3.21. The minimum absolute atomic E-state index is 0.628. The molecule has 1 aliphatic heterocycles. The molecule has 0 spiro atoms. The number of epoxide rings is 1. The van der Waals surface area contributed by atoms with Gasteiger partial charge in [0.25, 0.3) is 0 Å². The predicted molar refractivity (Wildman–Crippen MR) is 93.8 cm³/mol. The van der Waals surface area contributed by atoms with E-state index in [0.717, 1.165) is 5.92 Å². The second kappa shape index (κ2) is 12.5.